The Hall–Kier alpha value is 0.120. The summed E-state index contributed by atoms with van der Waals surface area (Å²) in [6.45, 7) is 5.46. The van der Waals surface area contributed by atoms with Gasteiger partial charge < -0.3 is 5.32 Å². The van der Waals surface area contributed by atoms with Gasteiger partial charge in [0.05, 0.1) is 0 Å². The van der Waals surface area contributed by atoms with E-state index >= 15 is 0 Å². The molecule has 5 nitrogen and oxygen atoms in total. The first-order chi connectivity index (χ1) is 7.12. The number of rotatable bonds is 2. The first-order valence-corrected chi connectivity index (χ1v) is 7.00. The summed E-state index contributed by atoms with van der Waals surface area (Å²) in [5.74, 6) is 0. The summed E-state index contributed by atoms with van der Waals surface area (Å²) >= 11 is 0. The average Bonchev–Trinajstić information content (AvgIpc) is 2.71. The van der Waals surface area contributed by atoms with Gasteiger partial charge in [-0.05, 0) is 19.8 Å². The SMILES string of the molecule is C[C@@H]1CNCCN1S(=O)(=O)N1CCCC1.Cl. The van der Waals surface area contributed by atoms with Gasteiger partial charge in [-0.15, -0.1) is 12.4 Å². The van der Waals surface area contributed by atoms with Gasteiger partial charge in [-0.1, -0.05) is 0 Å². The minimum atomic E-state index is -3.18. The van der Waals surface area contributed by atoms with E-state index in [1.807, 2.05) is 6.92 Å². The Balaban J connectivity index is 0.00000128. The van der Waals surface area contributed by atoms with Crippen molar-refractivity contribution in [1.82, 2.24) is 13.9 Å². The number of nitrogens with zero attached hydrogens (tertiary/aromatic N) is 2. The first-order valence-electron chi connectivity index (χ1n) is 5.60. The molecule has 2 aliphatic rings. The number of nitrogens with one attached hydrogen (secondary N) is 1. The molecule has 2 aliphatic heterocycles. The third-order valence-corrected chi connectivity index (χ3v) is 5.28. The van der Waals surface area contributed by atoms with E-state index < -0.39 is 10.2 Å². The molecule has 0 aromatic rings. The van der Waals surface area contributed by atoms with Crippen molar-refractivity contribution in [3.8, 4) is 0 Å². The van der Waals surface area contributed by atoms with Crippen LogP contribution in [0.5, 0.6) is 0 Å². The third kappa shape index (κ3) is 2.68. The van der Waals surface area contributed by atoms with Crippen LogP contribution in [0.2, 0.25) is 0 Å². The molecule has 0 saturated carbocycles. The van der Waals surface area contributed by atoms with Gasteiger partial charge in [0, 0.05) is 38.8 Å². The fraction of sp³-hybridized carbons (Fsp3) is 1.00. The Morgan fingerprint density at radius 3 is 2.38 bits per heavy atom. The first kappa shape index (κ1) is 14.2. The quantitative estimate of drug-likeness (QED) is 0.770. The van der Waals surface area contributed by atoms with Crippen LogP contribution in [0.3, 0.4) is 0 Å². The highest BCUT2D eigenvalue weighted by molar-refractivity contribution is 7.86. The van der Waals surface area contributed by atoms with Gasteiger partial charge in [0.15, 0.2) is 0 Å². The van der Waals surface area contributed by atoms with Gasteiger partial charge >= 0.3 is 0 Å². The summed E-state index contributed by atoms with van der Waals surface area (Å²) in [6, 6.07) is 0.0735. The van der Waals surface area contributed by atoms with E-state index in [0.717, 1.165) is 25.9 Å². The summed E-state index contributed by atoms with van der Waals surface area (Å²) in [7, 11) is -3.18. The van der Waals surface area contributed by atoms with Crippen molar-refractivity contribution in [2.45, 2.75) is 25.8 Å². The molecule has 2 saturated heterocycles. The van der Waals surface area contributed by atoms with Gasteiger partial charge in [0.1, 0.15) is 0 Å². The van der Waals surface area contributed by atoms with Gasteiger partial charge in [0.2, 0.25) is 0 Å². The Labute approximate surface area is 104 Å². The summed E-state index contributed by atoms with van der Waals surface area (Å²) in [5.41, 5.74) is 0. The monoisotopic (exact) mass is 269 g/mol. The lowest BCUT2D eigenvalue weighted by Gasteiger charge is -2.35. The van der Waals surface area contributed by atoms with E-state index in [-0.39, 0.29) is 18.4 Å². The van der Waals surface area contributed by atoms with Crippen LogP contribution in [0, 0.1) is 0 Å². The molecule has 2 rings (SSSR count). The highest BCUT2D eigenvalue weighted by atomic mass is 35.5. The predicted octanol–water partition coefficient (Wildman–Crippen LogP) is 0.0425. The smallest absolute Gasteiger partial charge is 0.282 e. The van der Waals surface area contributed by atoms with Crippen LogP contribution >= 0.6 is 12.4 Å². The standard InChI is InChI=1S/C9H19N3O2S.ClH/c1-9-8-10-4-7-12(9)15(13,14)11-5-2-3-6-11;/h9-10H,2-8H2,1H3;1H/t9-;/m1./s1. The summed E-state index contributed by atoms with van der Waals surface area (Å²) in [6.07, 6.45) is 2.00. The van der Waals surface area contributed by atoms with Crippen LogP contribution < -0.4 is 5.32 Å². The molecule has 0 unspecified atom stereocenters. The second-order valence-corrected chi connectivity index (χ2v) is 6.16. The molecule has 2 heterocycles. The predicted molar refractivity (Wildman–Crippen MR) is 66.0 cm³/mol. The van der Waals surface area contributed by atoms with Crippen molar-refractivity contribution in [2.24, 2.45) is 0 Å². The van der Waals surface area contributed by atoms with Crippen molar-refractivity contribution in [2.75, 3.05) is 32.7 Å². The molecule has 0 bridgehead atoms. The van der Waals surface area contributed by atoms with Crippen LogP contribution in [-0.2, 0) is 10.2 Å². The zero-order chi connectivity index (χ0) is 10.9. The molecule has 0 aromatic carbocycles. The van der Waals surface area contributed by atoms with Crippen LogP contribution in [0.25, 0.3) is 0 Å². The average molecular weight is 270 g/mol. The second-order valence-electron chi connectivity index (χ2n) is 4.28. The van der Waals surface area contributed by atoms with E-state index in [9.17, 15) is 8.42 Å². The molecular weight excluding hydrogens is 250 g/mol. The molecule has 0 spiro atoms. The molecule has 0 radical (unpaired) electrons. The summed E-state index contributed by atoms with van der Waals surface area (Å²) in [4.78, 5) is 0. The van der Waals surface area contributed by atoms with Gasteiger partial charge in [-0.2, -0.15) is 17.0 Å². The Morgan fingerprint density at radius 2 is 1.81 bits per heavy atom. The lowest BCUT2D eigenvalue weighted by atomic mass is 10.3. The zero-order valence-corrected chi connectivity index (χ0v) is 11.2. The van der Waals surface area contributed by atoms with Gasteiger partial charge in [0.25, 0.3) is 10.2 Å². The normalized spacial score (nSPS) is 28.9. The fourth-order valence-electron chi connectivity index (χ4n) is 2.23. The minimum Gasteiger partial charge on any atom is -0.314 e. The highest BCUT2D eigenvalue weighted by Gasteiger charge is 2.35. The summed E-state index contributed by atoms with van der Waals surface area (Å²) < 4.78 is 27.7. The molecule has 0 aliphatic carbocycles. The molecule has 96 valence electrons. The van der Waals surface area contributed by atoms with E-state index in [2.05, 4.69) is 5.32 Å². The highest BCUT2D eigenvalue weighted by Crippen LogP contribution is 2.19. The summed E-state index contributed by atoms with van der Waals surface area (Å²) in [5, 5.41) is 3.20. The number of halogens is 1. The molecule has 1 atom stereocenters. The number of hydrogen-bond acceptors (Lipinski definition) is 3. The van der Waals surface area contributed by atoms with Crippen LogP contribution in [-0.4, -0.2) is 55.8 Å². The molecule has 0 amide bonds. The largest absolute Gasteiger partial charge is 0.314 e. The molecule has 2 fully saturated rings. The topological polar surface area (TPSA) is 52.7 Å². The van der Waals surface area contributed by atoms with Crippen LogP contribution in [0.4, 0.5) is 0 Å². The second kappa shape index (κ2) is 5.64. The van der Waals surface area contributed by atoms with Gasteiger partial charge in [-0.3, -0.25) is 0 Å². The van der Waals surface area contributed by atoms with E-state index in [1.165, 1.54) is 0 Å². The lowest BCUT2D eigenvalue weighted by Crippen LogP contribution is -2.55. The molecule has 7 heteroatoms. The van der Waals surface area contributed by atoms with Crippen LogP contribution in [0.15, 0.2) is 0 Å². The van der Waals surface area contributed by atoms with Gasteiger partial charge in [-0.25, -0.2) is 0 Å². The van der Waals surface area contributed by atoms with E-state index in [4.69, 9.17) is 0 Å². The maximum Gasteiger partial charge on any atom is 0.282 e. The fourth-order valence-corrected chi connectivity index (χ4v) is 4.10. The van der Waals surface area contributed by atoms with Crippen molar-refractivity contribution >= 4 is 22.6 Å². The molecule has 16 heavy (non-hydrogen) atoms. The van der Waals surface area contributed by atoms with Crippen molar-refractivity contribution in [3.05, 3.63) is 0 Å². The molecule has 0 aromatic heterocycles. The molecule has 1 N–H and O–H groups in total. The van der Waals surface area contributed by atoms with E-state index in [0.29, 0.717) is 19.6 Å². The Bertz CT molecular complexity index is 317. The van der Waals surface area contributed by atoms with E-state index in [1.54, 1.807) is 8.61 Å². The van der Waals surface area contributed by atoms with Crippen LogP contribution in [0.1, 0.15) is 19.8 Å². The number of hydrogen-bond donors (Lipinski definition) is 1. The third-order valence-electron chi connectivity index (χ3n) is 3.13. The minimum absolute atomic E-state index is 0. The Morgan fingerprint density at radius 1 is 1.19 bits per heavy atom. The van der Waals surface area contributed by atoms with Crippen molar-refractivity contribution < 1.29 is 8.42 Å². The van der Waals surface area contributed by atoms with Crippen molar-refractivity contribution in [3.63, 3.8) is 0 Å². The van der Waals surface area contributed by atoms with Crippen molar-refractivity contribution in [1.29, 1.82) is 0 Å². The zero-order valence-electron chi connectivity index (χ0n) is 9.55. The lowest BCUT2D eigenvalue weighted by molar-refractivity contribution is 0.263. The maximum atomic E-state index is 12.2. The number of piperazine rings is 1. The Kier molecular flexibility index (Phi) is 5.00. The molecular formula is C9H20ClN3O2S. The maximum absolute atomic E-state index is 12.2.